The van der Waals surface area contributed by atoms with Gasteiger partial charge in [-0.25, -0.2) is 4.98 Å². The molecule has 0 aliphatic heterocycles. The Morgan fingerprint density at radius 2 is 2.39 bits per heavy atom. The van der Waals surface area contributed by atoms with Gasteiger partial charge in [0.25, 0.3) is 5.91 Å². The summed E-state index contributed by atoms with van der Waals surface area (Å²) in [5.41, 5.74) is 7.30. The number of aryl methyl sites for hydroxylation is 2. The molecule has 0 fully saturated rings. The molecule has 0 bridgehead atoms. The Hall–Kier alpha value is -2.38. The molecule has 2 aromatic heterocycles. The van der Waals surface area contributed by atoms with Gasteiger partial charge in [-0.2, -0.15) is 10.2 Å². The van der Waals surface area contributed by atoms with E-state index in [2.05, 4.69) is 25.6 Å². The molecule has 96 valence electrons. The van der Waals surface area contributed by atoms with Gasteiger partial charge in [-0.3, -0.25) is 14.6 Å². The molecule has 4 N–H and O–H groups in total. The van der Waals surface area contributed by atoms with Crippen molar-refractivity contribution in [2.75, 3.05) is 5.73 Å². The number of nitrogen functional groups attached to an aromatic ring is 1. The maximum absolute atomic E-state index is 12.0. The molecule has 18 heavy (non-hydrogen) atoms. The number of carbonyl (C=O) groups excluding carboxylic acids is 1. The third kappa shape index (κ3) is 2.17. The zero-order valence-corrected chi connectivity index (χ0v) is 10.3. The highest BCUT2D eigenvalue weighted by molar-refractivity contribution is 5.97. The maximum Gasteiger partial charge on any atom is 0.272 e. The fraction of sp³-hybridized carbons (Fsp3) is 0.400. The highest BCUT2D eigenvalue weighted by Crippen LogP contribution is 2.16. The summed E-state index contributed by atoms with van der Waals surface area (Å²) in [6.07, 6.45) is 1.39. The van der Waals surface area contributed by atoms with E-state index in [-0.39, 0.29) is 12.5 Å². The number of nitrogens with two attached hydrogens (primary N) is 1. The second-order valence-electron chi connectivity index (χ2n) is 3.78. The van der Waals surface area contributed by atoms with Gasteiger partial charge in [0.1, 0.15) is 17.8 Å². The number of rotatable bonds is 4. The SMILES string of the molecule is CCn1nc(C)c(N)c1C(=O)NCc1ncn[nH]1. The van der Waals surface area contributed by atoms with Gasteiger partial charge in [-0.05, 0) is 13.8 Å². The van der Waals surface area contributed by atoms with Gasteiger partial charge < -0.3 is 11.1 Å². The molecule has 0 spiro atoms. The summed E-state index contributed by atoms with van der Waals surface area (Å²) in [6, 6.07) is 0. The lowest BCUT2D eigenvalue weighted by atomic mass is 10.3. The highest BCUT2D eigenvalue weighted by Gasteiger charge is 2.18. The van der Waals surface area contributed by atoms with Crippen LogP contribution in [0.1, 0.15) is 28.9 Å². The van der Waals surface area contributed by atoms with E-state index < -0.39 is 0 Å². The van der Waals surface area contributed by atoms with Gasteiger partial charge in [0.05, 0.1) is 17.9 Å². The third-order valence-corrected chi connectivity index (χ3v) is 2.57. The van der Waals surface area contributed by atoms with Crippen LogP contribution in [0.5, 0.6) is 0 Å². The van der Waals surface area contributed by atoms with Crippen molar-refractivity contribution in [3.05, 3.63) is 23.5 Å². The summed E-state index contributed by atoms with van der Waals surface area (Å²) >= 11 is 0. The molecule has 0 unspecified atom stereocenters. The summed E-state index contributed by atoms with van der Waals surface area (Å²) in [7, 11) is 0. The van der Waals surface area contributed by atoms with Gasteiger partial charge in [0.2, 0.25) is 0 Å². The van der Waals surface area contributed by atoms with Crippen molar-refractivity contribution in [3.8, 4) is 0 Å². The van der Waals surface area contributed by atoms with Gasteiger partial charge in [0.15, 0.2) is 0 Å². The Labute approximate surface area is 104 Å². The second kappa shape index (κ2) is 4.86. The smallest absolute Gasteiger partial charge is 0.272 e. The molecule has 0 aromatic carbocycles. The fourth-order valence-electron chi connectivity index (χ4n) is 1.63. The molecule has 0 aliphatic rings. The summed E-state index contributed by atoms with van der Waals surface area (Å²) < 4.78 is 1.58. The second-order valence-corrected chi connectivity index (χ2v) is 3.78. The minimum absolute atomic E-state index is 0.270. The summed E-state index contributed by atoms with van der Waals surface area (Å²) in [6.45, 7) is 4.53. The maximum atomic E-state index is 12.0. The number of amides is 1. The van der Waals surface area contributed by atoms with Crippen LogP contribution in [0.15, 0.2) is 6.33 Å². The van der Waals surface area contributed by atoms with Crippen LogP contribution >= 0.6 is 0 Å². The van der Waals surface area contributed by atoms with Gasteiger partial charge >= 0.3 is 0 Å². The first-order chi connectivity index (χ1) is 8.63. The third-order valence-electron chi connectivity index (χ3n) is 2.57. The van der Waals surface area contributed by atoms with Crippen LogP contribution in [0, 0.1) is 6.92 Å². The van der Waals surface area contributed by atoms with E-state index >= 15 is 0 Å². The Kier molecular flexibility index (Phi) is 3.26. The fourth-order valence-corrected chi connectivity index (χ4v) is 1.63. The standard InChI is InChI=1S/C10H15N7O/c1-3-17-9(8(11)6(2)16-17)10(18)12-4-7-13-5-14-15-7/h5H,3-4,11H2,1-2H3,(H,12,18)(H,13,14,15). The van der Waals surface area contributed by atoms with E-state index in [9.17, 15) is 4.79 Å². The number of hydrogen-bond donors (Lipinski definition) is 3. The molecule has 0 aliphatic carbocycles. The first kappa shape index (κ1) is 12.1. The van der Waals surface area contributed by atoms with Crippen LogP contribution in [0.4, 0.5) is 5.69 Å². The molecular weight excluding hydrogens is 234 g/mol. The summed E-state index contributed by atoms with van der Waals surface area (Å²) in [5, 5.41) is 13.3. The lowest BCUT2D eigenvalue weighted by Crippen LogP contribution is -2.27. The van der Waals surface area contributed by atoms with Crippen LogP contribution in [0.25, 0.3) is 0 Å². The topological polar surface area (TPSA) is 115 Å². The van der Waals surface area contributed by atoms with Crippen molar-refractivity contribution in [1.29, 1.82) is 0 Å². The Morgan fingerprint density at radius 1 is 1.61 bits per heavy atom. The first-order valence-corrected chi connectivity index (χ1v) is 5.58. The van der Waals surface area contributed by atoms with E-state index in [1.54, 1.807) is 11.6 Å². The van der Waals surface area contributed by atoms with E-state index in [1.165, 1.54) is 6.33 Å². The molecule has 0 atom stereocenters. The number of aromatic amines is 1. The molecular formula is C10H15N7O. The van der Waals surface area contributed by atoms with Crippen molar-refractivity contribution in [1.82, 2.24) is 30.3 Å². The van der Waals surface area contributed by atoms with Crippen LogP contribution in [-0.4, -0.2) is 30.9 Å². The number of nitrogens with zero attached hydrogens (tertiary/aromatic N) is 4. The number of carbonyl (C=O) groups is 1. The van der Waals surface area contributed by atoms with Gasteiger partial charge in [-0.15, -0.1) is 0 Å². The summed E-state index contributed by atoms with van der Waals surface area (Å²) in [4.78, 5) is 16.0. The zero-order chi connectivity index (χ0) is 13.1. The predicted molar refractivity (Wildman–Crippen MR) is 64.6 cm³/mol. The van der Waals surface area contributed by atoms with Crippen LogP contribution < -0.4 is 11.1 Å². The molecule has 0 radical (unpaired) electrons. The van der Waals surface area contributed by atoms with Gasteiger partial charge in [0, 0.05) is 6.54 Å². The molecule has 2 aromatic rings. The quantitative estimate of drug-likeness (QED) is 0.696. The molecule has 2 heterocycles. The van der Waals surface area contributed by atoms with E-state index in [4.69, 9.17) is 5.73 Å². The van der Waals surface area contributed by atoms with E-state index in [0.717, 1.165) is 0 Å². The Bertz CT molecular complexity index is 543. The molecule has 0 saturated carbocycles. The van der Waals surface area contributed by atoms with Crippen molar-refractivity contribution in [3.63, 3.8) is 0 Å². The van der Waals surface area contributed by atoms with Crippen LogP contribution in [0.3, 0.4) is 0 Å². The number of nitrogens with one attached hydrogen (secondary N) is 2. The zero-order valence-electron chi connectivity index (χ0n) is 10.3. The lowest BCUT2D eigenvalue weighted by molar-refractivity contribution is 0.0940. The van der Waals surface area contributed by atoms with E-state index in [1.807, 2.05) is 6.92 Å². The lowest BCUT2D eigenvalue weighted by Gasteiger charge is -2.06. The van der Waals surface area contributed by atoms with E-state index in [0.29, 0.717) is 29.4 Å². The minimum atomic E-state index is -0.272. The average Bonchev–Trinajstić information content (AvgIpc) is 2.96. The number of H-pyrrole nitrogens is 1. The van der Waals surface area contributed by atoms with Crippen LogP contribution in [-0.2, 0) is 13.1 Å². The molecule has 2 rings (SSSR count). The Balaban J connectivity index is 2.13. The Morgan fingerprint density at radius 3 is 3.00 bits per heavy atom. The molecule has 1 amide bonds. The van der Waals surface area contributed by atoms with Crippen molar-refractivity contribution < 1.29 is 4.79 Å². The number of hydrogen-bond acceptors (Lipinski definition) is 5. The molecule has 0 saturated heterocycles. The average molecular weight is 249 g/mol. The molecule has 8 heteroatoms. The predicted octanol–water partition coefficient (Wildman–Crippen LogP) is -0.158. The summed E-state index contributed by atoms with van der Waals surface area (Å²) in [5.74, 6) is 0.313. The normalized spacial score (nSPS) is 10.6. The van der Waals surface area contributed by atoms with Crippen molar-refractivity contribution in [2.45, 2.75) is 26.9 Å². The molecule has 8 nitrogen and oxygen atoms in total. The number of anilines is 1. The first-order valence-electron chi connectivity index (χ1n) is 5.58. The number of aromatic nitrogens is 5. The monoisotopic (exact) mass is 249 g/mol. The van der Waals surface area contributed by atoms with Crippen molar-refractivity contribution >= 4 is 11.6 Å². The van der Waals surface area contributed by atoms with Gasteiger partial charge in [-0.1, -0.05) is 0 Å². The minimum Gasteiger partial charge on any atom is -0.395 e. The largest absolute Gasteiger partial charge is 0.395 e. The van der Waals surface area contributed by atoms with Crippen molar-refractivity contribution in [2.24, 2.45) is 0 Å². The van der Waals surface area contributed by atoms with Crippen LogP contribution in [0.2, 0.25) is 0 Å². The highest BCUT2D eigenvalue weighted by atomic mass is 16.2.